The van der Waals surface area contributed by atoms with Crippen molar-refractivity contribution in [2.75, 3.05) is 12.3 Å². The topological polar surface area (TPSA) is 50.9 Å². The van der Waals surface area contributed by atoms with E-state index in [-0.39, 0.29) is 0 Å². The van der Waals surface area contributed by atoms with E-state index >= 15 is 0 Å². The summed E-state index contributed by atoms with van der Waals surface area (Å²) in [5, 5.41) is 3.53. The first-order valence-electron chi connectivity index (χ1n) is 6.83. The molecule has 0 bridgehead atoms. The van der Waals surface area contributed by atoms with Crippen LogP contribution in [-0.2, 0) is 12.0 Å². The predicted molar refractivity (Wildman–Crippen MR) is 76.7 cm³/mol. The highest BCUT2D eigenvalue weighted by Crippen LogP contribution is 2.51. The highest BCUT2D eigenvalue weighted by atomic mass is 14.9. The summed E-state index contributed by atoms with van der Waals surface area (Å²) in [5.74, 6) is 0. The quantitative estimate of drug-likeness (QED) is 0.818. The van der Waals surface area contributed by atoms with Gasteiger partial charge < -0.3 is 11.1 Å². The Balaban J connectivity index is 1.86. The zero-order valence-corrected chi connectivity index (χ0v) is 10.8. The molecule has 1 aliphatic heterocycles. The smallest absolute Gasteiger partial charge is 0.0424 e. The maximum atomic E-state index is 6.06. The van der Waals surface area contributed by atoms with Crippen LogP contribution < -0.4 is 11.1 Å². The number of hydrogen-bond acceptors (Lipinski definition) is 3. The van der Waals surface area contributed by atoms with Gasteiger partial charge in [-0.25, -0.2) is 0 Å². The Kier molecular flexibility index (Phi) is 2.21. The lowest BCUT2D eigenvalue weighted by molar-refractivity contribution is 0.531. The van der Waals surface area contributed by atoms with Crippen LogP contribution in [0.4, 0.5) is 5.69 Å². The van der Waals surface area contributed by atoms with Crippen molar-refractivity contribution in [2.24, 2.45) is 0 Å². The molecule has 1 aromatic heterocycles. The minimum absolute atomic E-state index is 0.403. The van der Waals surface area contributed by atoms with Gasteiger partial charge in [0.25, 0.3) is 0 Å². The van der Waals surface area contributed by atoms with Crippen LogP contribution >= 0.6 is 0 Å². The van der Waals surface area contributed by atoms with Gasteiger partial charge in [-0.3, -0.25) is 4.98 Å². The third-order valence-electron chi connectivity index (χ3n) is 4.48. The fourth-order valence-electron chi connectivity index (χ4n) is 3.17. The van der Waals surface area contributed by atoms with Crippen molar-refractivity contribution in [2.45, 2.75) is 24.8 Å². The van der Waals surface area contributed by atoms with Crippen LogP contribution in [0.15, 0.2) is 36.7 Å². The predicted octanol–water partition coefficient (Wildman–Crippen LogP) is 2.47. The van der Waals surface area contributed by atoms with Gasteiger partial charge in [-0.05, 0) is 35.6 Å². The molecule has 1 saturated carbocycles. The van der Waals surface area contributed by atoms with Gasteiger partial charge in [-0.15, -0.1) is 0 Å². The third kappa shape index (κ3) is 1.65. The zero-order valence-electron chi connectivity index (χ0n) is 10.8. The van der Waals surface area contributed by atoms with E-state index < -0.39 is 0 Å². The number of nitrogens with one attached hydrogen (secondary N) is 1. The molecular weight excluding hydrogens is 234 g/mol. The maximum absolute atomic E-state index is 6.06. The van der Waals surface area contributed by atoms with Crippen LogP contribution in [0.25, 0.3) is 11.1 Å². The van der Waals surface area contributed by atoms with Crippen molar-refractivity contribution >= 4 is 5.69 Å². The number of hydrogen-bond donors (Lipinski definition) is 2. The number of fused-ring (bicyclic) bond motifs is 2. The number of anilines is 1. The lowest BCUT2D eigenvalue weighted by Crippen LogP contribution is -2.33. The minimum atomic E-state index is 0.403. The highest BCUT2D eigenvalue weighted by Gasteiger charge is 2.46. The fraction of sp³-hybridized carbons (Fsp3) is 0.312. The molecule has 1 aliphatic carbocycles. The third-order valence-corrected chi connectivity index (χ3v) is 4.48. The number of nitrogens with zero attached hydrogens (tertiary/aromatic N) is 1. The molecule has 2 heterocycles. The van der Waals surface area contributed by atoms with Gasteiger partial charge in [-0.1, -0.05) is 18.2 Å². The first kappa shape index (κ1) is 11.0. The fourth-order valence-corrected chi connectivity index (χ4v) is 3.17. The van der Waals surface area contributed by atoms with E-state index in [0.29, 0.717) is 5.41 Å². The number of rotatable bonds is 1. The van der Waals surface area contributed by atoms with Crippen molar-refractivity contribution in [1.29, 1.82) is 0 Å². The summed E-state index contributed by atoms with van der Waals surface area (Å²) in [4.78, 5) is 4.19. The van der Waals surface area contributed by atoms with Crippen LogP contribution in [0.2, 0.25) is 0 Å². The summed E-state index contributed by atoms with van der Waals surface area (Å²) >= 11 is 0. The van der Waals surface area contributed by atoms with Gasteiger partial charge in [0.15, 0.2) is 0 Å². The Morgan fingerprint density at radius 1 is 1.21 bits per heavy atom. The van der Waals surface area contributed by atoms with Crippen LogP contribution in [0.5, 0.6) is 0 Å². The van der Waals surface area contributed by atoms with Crippen LogP contribution in [0, 0.1) is 0 Å². The Morgan fingerprint density at radius 2 is 2.11 bits per heavy atom. The molecule has 1 aromatic carbocycles. The van der Waals surface area contributed by atoms with Gasteiger partial charge in [0.2, 0.25) is 0 Å². The minimum Gasteiger partial charge on any atom is -0.398 e. The van der Waals surface area contributed by atoms with Crippen LogP contribution in [0.1, 0.15) is 24.0 Å². The largest absolute Gasteiger partial charge is 0.398 e. The molecule has 0 saturated heterocycles. The molecule has 3 heteroatoms. The van der Waals surface area contributed by atoms with E-state index in [1.54, 1.807) is 6.20 Å². The summed E-state index contributed by atoms with van der Waals surface area (Å²) < 4.78 is 0. The van der Waals surface area contributed by atoms with E-state index in [0.717, 1.165) is 24.3 Å². The molecule has 0 radical (unpaired) electrons. The van der Waals surface area contributed by atoms with Crippen molar-refractivity contribution < 1.29 is 0 Å². The monoisotopic (exact) mass is 251 g/mol. The number of nitrogens with two attached hydrogens (primary N) is 1. The number of benzene rings is 1. The number of pyridine rings is 1. The normalized spacial score (nSPS) is 19.2. The second kappa shape index (κ2) is 3.81. The molecule has 3 N–H and O–H groups in total. The SMILES string of the molecule is Nc1ccncc1-c1ccc2c(c1)C1(CC1)CNC2. The molecule has 1 fully saturated rings. The molecule has 3 nitrogen and oxygen atoms in total. The molecule has 4 rings (SSSR count). The standard InChI is InChI=1S/C16H17N3/c17-15-3-6-18-9-13(15)11-1-2-12-8-19-10-16(4-5-16)14(12)7-11/h1-3,6-7,9,19H,4-5,8,10H2,(H2,17,18). The summed E-state index contributed by atoms with van der Waals surface area (Å²) in [6.07, 6.45) is 6.21. The van der Waals surface area contributed by atoms with Gasteiger partial charge in [0.05, 0.1) is 0 Å². The van der Waals surface area contributed by atoms with E-state index in [1.807, 2.05) is 12.3 Å². The lowest BCUT2D eigenvalue weighted by atomic mass is 9.86. The first-order chi connectivity index (χ1) is 9.28. The molecule has 2 aliphatic rings. The second-order valence-electron chi connectivity index (χ2n) is 5.72. The zero-order chi connectivity index (χ0) is 12.9. The molecule has 0 unspecified atom stereocenters. The highest BCUT2D eigenvalue weighted by molar-refractivity contribution is 5.76. The average Bonchev–Trinajstić information content (AvgIpc) is 3.20. The van der Waals surface area contributed by atoms with E-state index in [4.69, 9.17) is 5.73 Å². The Labute approximate surface area is 112 Å². The van der Waals surface area contributed by atoms with Crippen molar-refractivity contribution in [1.82, 2.24) is 10.3 Å². The Hall–Kier alpha value is -1.87. The molecule has 19 heavy (non-hydrogen) atoms. The number of aromatic nitrogens is 1. The van der Waals surface area contributed by atoms with Gasteiger partial charge in [0.1, 0.15) is 0 Å². The summed E-state index contributed by atoms with van der Waals surface area (Å²) in [5.41, 5.74) is 12.5. The molecular formula is C16H17N3. The number of nitrogen functional groups attached to an aromatic ring is 1. The summed E-state index contributed by atoms with van der Waals surface area (Å²) in [6.45, 7) is 2.10. The van der Waals surface area contributed by atoms with Gasteiger partial charge >= 0.3 is 0 Å². The van der Waals surface area contributed by atoms with E-state index in [2.05, 4.69) is 28.5 Å². The molecule has 1 spiro atoms. The second-order valence-corrected chi connectivity index (χ2v) is 5.72. The van der Waals surface area contributed by atoms with E-state index in [9.17, 15) is 0 Å². The summed E-state index contributed by atoms with van der Waals surface area (Å²) in [7, 11) is 0. The van der Waals surface area contributed by atoms with E-state index in [1.165, 1.54) is 29.5 Å². The molecule has 0 atom stereocenters. The van der Waals surface area contributed by atoms with Crippen LogP contribution in [-0.4, -0.2) is 11.5 Å². The van der Waals surface area contributed by atoms with Crippen molar-refractivity contribution in [3.63, 3.8) is 0 Å². The Morgan fingerprint density at radius 3 is 2.89 bits per heavy atom. The summed E-state index contributed by atoms with van der Waals surface area (Å²) in [6, 6.07) is 8.60. The maximum Gasteiger partial charge on any atom is 0.0424 e. The first-order valence-corrected chi connectivity index (χ1v) is 6.83. The molecule has 2 aromatic rings. The van der Waals surface area contributed by atoms with Crippen LogP contribution in [0.3, 0.4) is 0 Å². The van der Waals surface area contributed by atoms with Gasteiger partial charge in [-0.2, -0.15) is 0 Å². The van der Waals surface area contributed by atoms with Gasteiger partial charge in [0, 0.05) is 42.1 Å². The molecule has 0 amide bonds. The van der Waals surface area contributed by atoms with Crippen molar-refractivity contribution in [3.8, 4) is 11.1 Å². The average molecular weight is 251 g/mol. The lowest BCUT2D eigenvalue weighted by Gasteiger charge is -2.27. The molecule has 96 valence electrons. The Bertz CT molecular complexity index is 644. The van der Waals surface area contributed by atoms with Crippen molar-refractivity contribution in [3.05, 3.63) is 47.8 Å².